The molecule has 1 fully saturated rings. The van der Waals surface area contributed by atoms with Crippen molar-refractivity contribution in [2.45, 2.75) is 26.4 Å². The fourth-order valence-corrected chi connectivity index (χ4v) is 4.01. The van der Waals surface area contributed by atoms with Gasteiger partial charge in [0.1, 0.15) is 5.82 Å². The zero-order valence-electron chi connectivity index (χ0n) is 19.2. The van der Waals surface area contributed by atoms with Crippen molar-refractivity contribution in [3.05, 3.63) is 59.9 Å². The number of nitrogens with zero attached hydrogens (tertiary/aromatic N) is 4. The lowest BCUT2D eigenvalue weighted by atomic mass is 10.2. The summed E-state index contributed by atoms with van der Waals surface area (Å²) in [7, 11) is 1.79. The second kappa shape index (κ2) is 11.9. The van der Waals surface area contributed by atoms with Gasteiger partial charge in [-0.2, -0.15) is 0 Å². The number of benzene rings is 2. The summed E-state index contributed by atoms with van der Waals surface area (Å²) in [4.78, 5) is 22.6. The standard InChI is InChI=1S/C24H31N7O.HI/c1-18-29-21-6-3-4-7-22(21)31(18)14-5-12-27-24(25-2)28-16-19-8-10-20(11-9-19)30-15-13-26-23(32)17-30;/h3-4,6-11H,5,12-17H2,1-2H3,(H,26,32)(H2,25,27,28);1H. The molecule has 9 heteroatoms. The van der Waals surface area contributed by atoms with E-state index in [1.165, 1.54) is 11.1 Å². The van der Waals surface area contributed by atoms with Gasteiger partial charge in [-0.15, -0.1) is 24.0 Å². The summed E-state index contributed by atoms with van der Waals surface area (Å²) in [5, 5.41) is 9.61. The normalized spacial score (nSPS) is 14.1. The Kier molecular flexibility index (Phi) is 8.93. The van der Waals surface area contributed by atoms with Gasteiger partial charge in [0.25, 0.3) is 0 Å². The van der Waals surface area contributed by atoms with Crippen molar-refractivity contribution in [1.29, 1.82) is 0 Å². The molecule has 1 saturated heterocycles. The number of fused-ring (bicyclic) bond motifs is 1. The van der Waals surface area contributed by atoms with Gasteiger partial charge in [-0.05, 0) is 43.2 Å². The van der Waals surface area contributed by atoms with Crippen LogP contribution >= 0.6 is 24.0 Å². The highest BCUT2D eigenvalue weighted by Gasteiger charge is 2.16. The molecule has 0 bridgehead atoms. The first-order valence-corrected chi connectivity index (χ1v) is 11.1. The number of nitrogens with one attached hydrogen (secondary N) is 3. The minimum Gasteiger partial charge on any atom is -0.360 e. The molecular weight excluding hydrogens is 529 g/mol. The number of carbonyl (C=O) groups is 1. The largest absolute Gasteiger partial charge is 0.360 e. The Labute approximate surface area is 211 Å². The summed E-state index contributed by atoms with van der Waals surface area (Å²) in [6.45, 7) is 6.43. The minimum atomic E-state index is 0. The number of aromatic nitrogens is 2. The van der Waals surface area contributed by atoms with E-state index in [0.29, 0.717) is 19.6 Å². The third-order valence-electron chi connectivity index (χ3n) is 5.72. The number of anilines is 1. The summed E-state index contributed by atoms with van der Waals surface area (Å²) in [6.07, 6.45) is 0.972. The lowest BCUT2D eigenvalue weighted by Gasteiger charge is -2.28. The maximum atomic E-state index is 11.6. The predicted octanol–water partition coefficient (Wildman–Crippen LogP) is 2.65. The lowest BCUT2D eigenvalue weighted by molar-refractivity contribution is -0.120. The zero-order valence-corrected chi connectivity index (χ0v) is 21.5. The highest BCUT2D eigenvalue weighted by Crippen LogP contribution is 2.17. The second-order valence-electron chi connectivity index (χ2n) is 7.94. The molecule has 33 heavy (non-hydrogen) atoms. The molecule has 8 nitrogen and oxygen atoms in total. The van der Waals surface area contributed by atoms with E-state index >= 15 is 0 Å². The van der Waals surface area contributed by atoms with Crippen molar-refractivity contribution in [2.75, 3.05) is 38.1 Å². The summed E-state index contributed by atoms with van der Waals surface area (Å²) in [5.41, 5.74) is 4.47. The minimum absolute atomic E-state index is 0. The van der Waals surface area contributed by atoms with Gasteiger partial charge >= 0.3 is 0 Å². The van der Waals surface area contributed by atoms with Crippen molar-refractivity contribution in [2.24, 2.45) is 4.99 Å². The van der Waals surface area contributed by atoms with Crippen molar-refractivity contribution in [3.8, 4) is 0 Å². The average Bonchev–Trinajstić information content (AvgIpc) is 3.14. The van der Waals surface area contributed by atoms with E-state index < -0.39 is 0 Å². The zero-order chi connectivity index (χ0) is 22.3. The van der Waals surface area contributed by atoms with E-state index in [9.17, 15) is 4.79 Å². The van der Waals surface area contributed by atoms with Crippen LogP contribution in [0.4, 0.5) is 5.69 Å². The summed E-state index contributed by atoms with van der Waals surface area (Å²) in [6, 6.07) is 16.6. The number of carbonyl (C=O) groups excluding carboxylic acids is 1. The van der Waals surface area contributed by atoms with E-state index in [2.05, 4.69) is 84.8 Å². The molecular formula is C24H32IN7O. The summed E-state index contributed by atoms with van der Waals surface area (Å²) < 4.78 is 2.26. The summed E-state index contributed by atoms with van der Waals surface area (Å²) in [5.74, 6) is 1.91. The maximum absolute atomic E-state index is 11.6. The molecule has 1 amide bonds. The van der Waals surface area contributed by atoms with Crippen LogP contribution < -0.4 is 20.9 Å². The maximum Gasteiger partial charge on any atom is 0.239 e. The number of hydrogen-bond donors (Lipinski definition) is 3. The molecule has 3 N–H and O–H groups in total. The highest BCUT2D eigenvalue weighted by atomic mass is 127. The van der Waals surface area contributed by atoms with Crippen LogP contribution in [0.25, 0.3) is 11.0 Å². The molecule has 1 aromatic heterocycles. The first-order chi connectivity index (χ1) is 15.6. The van der Waals surface area contributed by atoms with Crippen LogP contribution in [-0.4, -0.2) is 54.6 Å². The Bertz CT molecular complexity index is 1090. The van der Waals surface area contributed by atoms with Crippen LogP contribution in [0, 0.1) is 6.92 Å². The third-order valence-corrected chi connectivity index (χ3v) is 5.72. The Morgan fingerprint density at radius 3 is 2.70 bits per heavy atom. The Morgan fingerprint density at radius 2 is 1.94 bits per heavy atom. The molecule has 0 atom stereocenters. The van der Waals surface area contributed by atoms with Gasteiger partial charge < -0.3 is 25.4 Å². The van der Waals surface area contributed by atoms with Gasteiger partial charge in [0.15, 0.2) is 5.96 Å². The smallest absolute Gasteiger partial charge is 0.239 e. The van der Waals surface area contributed by atoms with Gasteiger partial charge in [-0.1, -0.05) is 24.3 Å². The second-order valence-corrected chi connectivity index (χ2v) is 7.94. The number of imidazole rings is 1. The van der Waals surface area contributed by atoms with Crippen LogP contribution in [0.1, 0.15) is 17.8 Å². The first-order valence-electron chi connectivity index (χ1n) is 11.1. The first kappa shape index (κ1) is 24.8. The molecule has 1 aliphatic heterocycles. The van der Waals surface area contributed by atoms with Crippen molar-refractivity contribution < 1.29 is 4.79 Å². The van der Waals surface area contributed by atoms with Crippen LogP contribution in [0.15, 0.2) is 53.5 Å². The van der Waals surface area contributed by atoms with Gasteiger partial charge in [-0.25, -0.2) is 4.98 Å². The number of piperazine rings is 1. The number of hydrogen-bond acceptors (Lipinski definition) is 4. The molecule has 3 aromatic rings. The molecule has 0 radical (unpaired) electrons. The van der Waals surface area contributed by atoms with Crippen molar-refractivity contribution >= 4 is 52.6 Å². The number of guanidine groups is 1. The molecule has 2 aromatic carbocycles. The number of para-hydroxylation sites is 2. The summed E-state index contributed by atoms with van der Waals surface area (Å²) >= 11 is 0. The van der Waals surface area contributed by atoms with E-state index in [4.69, 9.17) is 0 Å². The molecule has 4 rings (SSSR count). The van der Waals surface area contributed by atoms with Gasteiger partial charge in [0.05, 0.1) is 17.6 Å². The molecule has 0 saturated carbocycles. The number of aliphatic imine (C=N–C) groups is 1. The fraction of sp³-hybridized carbons (Fsp3) is 0.375. The van der Waals surface area contributed by atoms with E-state index in [0.717, 1.165) is 49.0 Å². The van der Waals surface area contributed by atoms with E-state index in [1.807, 2.05) is 6.07 Å². The number of amides is 1. The molecule has 0 aliphatic carbocycles. The van der Waals surface area contributed by atoms with Crippen LogP contribution in [0.2, 0.25) is 0 Å². The van der Waals surface area contributed by atoms with Crippen LogP contribution in [0.5, 0.6) is 0 Å². The Hall–Kier alpha value is -2.82. The van der Waals surface area contributed by atoms with Crippen molar-refractivity contribution in [3.63, 3.8) is 0 Å². The molecule has 176 valence electrons. The predicted molar refractivity (Wildman–Crippen MR) is 144 cm³/mol. The number of rotatable bonds is 7. The lowest BCUT2D eigenvalue weighted by Crippen LogP contribution is -2.47. The third kappa shape index (κ3) is 6.37. The van der Waals surface area contributed by atoms with Gasteiger partial charge in [0.2, 0.25) is 5.91 Å². The number of halogens is 1. The van der Waals surface area contributed by atoms with Gasteiger partial charge in [-0.3, -0.25) is 9.79 Å². The van der Waals surface area contributed by atoms with Crippen LogP contribution in [-0.2, 0) is 17.9 Å². The number of aryl methyl sites for hydroxylation is 2. The Balaban J connectivity index is 0.00000306. The van der Waals surface area contributed by atoms with E-state index in [-0.39, 0.29) is 29.9 Å². The monoisotopic (exact) mass is 561 g/mol. The van der Waals surface area contributed by atoms with Gasteiger partial charge in [0, 0.05) is 45.5 Å². The molecule has 0 unspecified atom stereocenters. The van der Waals surface area contributed by atoms with Crippen LogP contribution in [0.3, 0.4) is 0 Å². The molecule has 0 spiro atoms. The average molecular weight is 561 g/mol. The SMILES string of the molecule is CN=C(NCCCn1c(C)nc2ccccc21)NCc1ccc(N2CCNC(=O)C2)cc1.I. The topological polar surface area (TPSA) is 86.6 Å². The quantitative estimate of drug-likeness (QED) is 0.179. The van der Waals surface area contributed by atoms with Crippen molar-refractivity contribution in [1.82, 2.24) is 25.5 Å². The molecule has 2 heterocycles. The Morgan fingerprint density at radius 1 is 1.15 bits per heavy atom. The fourth-order valence-electron chi connectivity index (χ4n) is 4.01. The highest BCUT2D eigenvalue weighted by molar-refractivity contribution is 14.0. The van der Waals surface area contributed by atoms with E-state index in [1.54, 1.807) is 7.05 Å². The molecule has 1 aliphatic rings.